The third-order valence-electron chi connectivity index (χ3n) is 5.92. The van der Waals surface area contributed by atoms with Gasteiger partial charge in [0.15, 0.2) is 0 Å². The van der Waals surface area contributed by atoms with Crippen molar-refractivity contribution in [1.29, 1.82) is 0 Å². The maximum absolute atomic E-state index is 12.9. The van der Waals surface area contributed by atoms with E-state index in [0.717, 1.165) is 24.8 Å². The summed E-state index contributed by atoms with van der Waals surface area (Å²) in [6.07, 6.45) is 2.75. The molecule has 3 unspecified atom stereocenters. The summed E-state index contributed by atoms with van der Waals surface area (Å²) < 4.78 is 0. The molecule has 2 heterocycles. The quantitative estimate of drug-likeness (QED) is 0.764. The molecule has 3 N–H and O–H groups in total. The zero-order chi connectivity index (χ0) is 19.1. The predicted octanol–water partition coefficient (Wildman–Crippen LogP) is 1.08. The number of amides is 3. The Kier molecular flexibility index (Phi) is 5.95. The van der Waals surface area contributed by atoms with Crippen LogP contribution >= 0.6 is 12.4 Å². The molecule has 2 fully saturated rings. The Morgan fingerprint density at radius 1 is 1.25 bits per heavy atom. The highest BCUT2D eigenvalue weighted by Crippen LogP contribution is 2.41. The minimum Gasteiger partial charge on any atom is -0.345 e. The van der Waals surface area contributed by atoms with Gasteiger partial charge in [0.2, 0.25) is 11.8 Å². The number of likely N-dealkylation sites (tertiary alicyclic amines) is 1. The first-order valence-electron chi connectivity index (χ1n) is 9.70. The number of benzene rings is 1. The highest BCUT2D eigenvalue weighted by Gasteiger charge is 2.47. The smallest absolute Gasteiger partial charge is 0.255 e. The van der Waals surface area contributed by atoms with Gasteiger partial charge in [0, 0.05) is 24.2 Å². The second kappa shape index (κ2) is 8.09. The molecular formula is C20H27ClN4O3. The number of halogens is 1. The van der Waals surface area contributed by atoms with E-state index in [1.54, 1.807) is 15.9 Å². The molecule has 0 aromatic heterocycles. The minimum atomic E-state index is -0.637. The van der Waals surface area contributed by atoms with Crippen molar-refractivity contribution in [3.05, 3.63) is 35.4 Å². The predicted molar refractivity (Wildman–Crippen MR) is 107 cm³/mol. The topological polar surface area (TPSA) is 95.7 Å². The van der Waals surface area contributed by atoms with Crippen molar-refractivity contribution in [2.45, 2.75) is 44.3 Å². The minimum absolute atomic E-state index is 0. The number of hydrogen-bond donors (Lipinski definition) is 2. The van der Waals surface area contributed by atoms with E-state index in [0.29, 0.717) is 24.6 Å². The number of rotatable bonds is 5. The molecule has 3 amide bonds. The number of hydrogen-bond acceptors (Lipinski definition) is 4. The van der Waals surface area contributed by atoms with Crippen LogP contribution < -0.4 is 11.1 Å². The van der Waals surface area contributed by atoms with Gasteiger partial charge >= 0.3 is 0 Å². The molecule has 152 valence electrons. The Balaban J connectivity index is 0.00000225. The molecule has 3 atom stereocenters. The lowest BCUT2D eigenvalue weighted by molar-refractivity contribution is -0.134. The zero-order valence-electron chi connectivity index (χ0n) is 16.0. The fourth-order valence-electron chi connectivity index (χ4n) is 4.35. The summed E-state index contributed by atoms with van der Waals surface area (Å²) in [6, 6.07) is 6.88. The number of fused-ring (bicyclic) bond motifs is 1. The molecular weight excluding hydrogens is 380 g/mol. The van der Waals surface area contributed by atoms with Gasteiger partial charge in [0.1, 0.15) is 6.04 Å². The van der Waals surface area contributed by atoms with Crippen LogP contribution in [-0.2, 0) is 9.59 Å². The Bertz CT molecular complexity index is 782. The summed E-state index contributed by atoms with van der Waals surface area (Å²) in [5.74, 6) is -0.138. The van der Waals surface area contributed by atoms with Gasteiger partial charge in [0.05, 0.1) is 6.54 Å². The Hall–Kier alpha value is -2.12. The number of carbonyl (C=O) groups is 3. The van der Waals surface area contributed by atoms with Gasteiger partial charge in [-0.15, -0.1) is 12.4 Å². The van der Waals surface area contributed by atoms with Gasteiger partial charge in [-0.3, -0.25) is 14.4 Å². The summed E-state index contributed by atoms with van der Waals surface area (Å²) in [5.41, 5.74) is 7.05. The summed E-state index contributed by atoms with van der Waals surface area (Å²) in [7, 11) is 0. The summed E-state index contributed by atoms with van der Waals surface area (Å²) in [5, 5.41) is 2.77. The van der Waals surface area contributed by atoms with E-state index in [1.165, 1.54) is 0 Å². The lowest BCUT2D eigenvalue weighted by atomic mass is 10.0. The third kappa shape index (κ3) is 3.61. The van der Waals surface area contributed by atoms with E-state index in [-0.39, 0.29) is 48.8 Å². The van der Waals surface area contributed by atoms with Crippen LogP contribution in [0.15, 0.2) is 24.3 Å². The maximum Gasteiger partial charge on any atom is 0.255 e. The van der Waals surface area contributed by atoms with Gasteiger partial charge in [-0.25, -0.2) is 0 Å². The van der Waals surface area contributed by atoms with Crippen molar-refractivity contribution < 1.29 is 14.4 Å². The molecule has 8 heteroatoms. The fourth-order valence-corrected chi connectivity index (χ4v) is 4.35. The Morgan fingerprint density at radius 3 is 2.61 bits per heavy atom. The molecule has 0 bridgehead atoms. The molecule has 0 spiro atoms. The van der Waals surface area contributed by atoms with E-state index in [1.807, 2.05) is 25.1 Å². The summed E-state index contributed by atoms with van der Waals surface area (Å²) in [4.78, 5) is 41.7. The Labute approximate surface area is 171 Å². The van der Waals surface area contributed by atoms with Crippen molar-refractivity contribution in [3.63, 3.8) is 0 Å². The molecule has 1 saturated carbocycles. The highest BCUT2D eigenvalue weighted by molar-refractivity contribution is 6.05. The maximum atomic E-state index is 12.9. The molecule has 1 saturated heterocycles. The molecule has 1 aromatic rings. The number of carbonyl (C=O) groups excluding carboxylic acids is 3. The monoisotopic (exact) mass is 406 g/mol. The lowest BCUT2D eigenvalue weighted by Gasteiger charge is -2.26. The molecule has 1 aliphatic carbocycles. The van der Waals surface area contributed by atoms with Crippen LogP contribution in [0.3, 0.4) is 0 Å². The highest BCUT2D eigenvalue weighted by atomic mass is 35.5. The second-order valence-corrected chi connectivity index (χ2v) is 7.88. The first-order chi connectivity index (χ1) is 13.0. The number of nitrogens with zero attached hydrogens (tertiary/aromatic N) is 2. The van der Waals surface area contributed by atoms with Crippen LogP contribution in [0.1, 0.15) is 48.1 Å². The number of nitrogens with one attached hydrogen (secondary N) is 1. The molecule has 28 heavy (non-hydrogen) atoms. The third-order valence-corrected chi connectivity index (χ3v) is 5.92. The van der Waals surface area contributed by atoms with E-state index in [4.69, 9.17) is 5.73 Å². The van der Waals surface area contributed by atoms with E-state index < -0.39 is 6.04 Å². The second-order valence-electron chi connectivity index (χ2n) is 7.88. The summed E-state index contributed by atoms with van der Waals surface area (Å²) >= 11 is 0. The molecule has 1 aromatic carbocycles. The van der Waals surface area contributed by atoms with Crippen LogP contribution in [0.5, 0.6) is 0 Å². The number of nitrogens with two attached hydrogens (primary N) is 1. The van der Waals surface area contributed by atoms with Crippen LogP contribution in [0.4, 0.5) is 0 Å². The zero-order valence-corrected chi connectivity index (χ0v) is 16.8. The van der Waals surface area contributed by atoms with E-state index in [9.17, 15) is 14.4 Å². The SMILES string of the molecule is CC1CC(CN)CN1C(=O)CNC(=O)C1c2ccccc2C(=O)N1C1CC1.Cl. The summed E-state index contributed by atoms with van der Waals surface area (Å²) in [6.45, 7) is 3.17. The largest absolute Gasteiger partial charge is 0.345 e. The van der Waals surface area contributed by atoms with Crippen LogP contribution in [0.25, 0.3) is 0 Å². The molecule has 0 radical (unpaired) electrons. The van der Waals surface area contributed by atoms with Gasteiger partial charge in [0.25, 0.3) is 5.91 Å². The fraction of sp³-hybridized carbons (Fsp3) is 0.550. The van der Waals surface area contributed by atoms with Crippen molar-refractivity contribution in [3.8, 4) is 0 Å². The van der Waals surface area contributed by atoms with E-state index >= 15 is 0 Å². The first kappa shape index (κ1) is 20.6. The van der Waals surface area contributed by atoms with Crippen LogP contribution in [0.2, 0.25) is 0 Å². The molecule has 4 rings (SSSR count). The van der Waals surface area contributed by atoms with Gasteiger partial charge < -0.3 is 20.9 Å². The first-order valence-corrected chi connectivity index (χ1v) is 9.70. The van der Waals surface area contributed by atoms with E-state index in [2.05, 4.69) is 5.32 Å². The van der Waals surface area contributed by atoms with Crippen molar-refractivity contribution in [2.75, 3.05) is 19.6 Å². The molecule has 3 aliphatic rings. The van der Waals surface area contributed by atoms with Gasteiger partial charge in [-0.1, -0.05) is 18.2 Å². The lowest BCUT2D eigenvalue weighted by Crippen LogP contribution is -2.45. The molecule has 2 aliphatic heterocycles. The van der Waals surface area contributed by atoms with Gasteiger partial charge in [-0.2, -0.15) is 0 Å². The van der Waals surface area contributed by atoms with Crippen molar-refractivity contribution >= 4 is 30.1 Å². The molecule has 7 nitrogen and oxygen atoms in total. The average Bonchev–Trinajstić information content (AvgIpc) is 3.37. The van der Waals surface area contributed by atoms with Gasteiger partial charge in [-0.05, 0) is 50.3 Å². The van der Waals surface area contributed by atoms with Crippen LogP contribution in [-0.4, -0.2) is 59.2 Å². The van der Waals surface area contributed by atoms with Crippen LogP contribution in [0, 0.1) is 5.92 Å². The van der Waals surface area contributed by atoms with Crippen molar-refractivity contribution in [2.24, 2.45) is 11.7 Å². The average molecular weight is 407 g/mol. The Morgan fingerprint density at radius 2 is 1.96 bits per heavy atom. The van der Waals surface area contributed by atoms with Crippen molar-refractivity contribution in [1.82, 2.24) is 15.1 Å². The standard InChI is InChI=1S/C20H26N4O3.ClH/c1-12-8-13(9-21)11-23(12)17(25)10-22-19(26)18-15-4-2-3-5-16(15)20(27)24(18)14-6-7-14;/h2-5,12-14,18H,6-11,21H2,1H3,(H,22,26);1H. The normalized spacial score (nSPS) is 26.1.